The van der Waals surface area contributed by atoms with Crippen molar-refractivity contribution in [3.05, 3.63) is 70.6 Å². The van der Waals surface area contributed by atoms with Crippen molar-refractivity contribution in [3.8, 4) is 11.6 Å². The molecule has 1 aromatic carbocycles. The number of aromatic nitrogens is 3. The van der Waals surface area contributed by atoms with E-state index in [1.807, 2.05) is 0 Å². The summed E-state index contributed by atoms with van der Waals surface area (Å²) in [5, 5.41) is 27.2. The van der Waals surface area contributed by atoms with Crippen molar-refractivity contribution >= 4 is 40.4 Å². The number of hydrogen-bond acceptors (Lipinski definition) is 7. The predicted molar refractivity (Wildman–Crippen MR) is 135 cm³/mol. The van der Waals surface area contributed by atoms with Gasteiger partial charge in [-0.15, -0.1) is 0 Å². The van der Waals surface area contributed by atoms with Crippen LogP contribution in [0.25, 0.3) is 11.0 Å². The number of rotatable bonds is 9. The fourth-order valence-electron chi connectivity index (χ4n) is 3.78. The number of aliphatic hydroxyl groups excluding tert-OH is 2. The molecule has 1 amide bonds. The molecule has 0 saturated heterocycles. The first kappa shape index (κ1) is 27.2. The van der Waals surface area contributed by atoms with Crippen molar-refractivity contribution < 1.29 is 32.9 Å². The van der Waals surface area contributed by atoms with Crippen LogP contribution in [0.4, 0.5) is 24.5 Å². The number of halogens is 4. The molecule has 0 saturated carbocycles. The number of aromatic amines is 1. The summed E-state index contributed by atoms with van der Waals surface area (Å²) in [6, 6.07) is 6.06. The maximum Gasteiger partial charge on any atom is 0.421 e. The normalized spacial score (nSPS) is 12.8. The van der Waals surface area contributed by atoms with Gasteiger partial charge in [-0.1, -0.05) is 17.7 Å². The third kappa shape index (κ3) is 5.52. The van der Waals surface area contributed by atoms with Crippen molar-refractivity contribution in [3.63, 3.8) is 0 Å². The Morgan fingerprint density at radius 1 is 1.21 bits per heavy atom. The number of anilines is 2. The number of benzene rings is 1. The SMILES string of the molecule is CC(C)(CO)Nc1c(NC=O)cnc2[nH]cc(C(O)c3ccc(Oc4ncccc4C(F)(F)F)cc3Cl)c12. The molecule has 0 aliphatic carbocycles. The van der Waals surface area contributed by atoms with E-state index >= 15 is 0 Å². The van der Waals surface area contributed by atoms with Crippen LogP contribution in [0.2, 0.25) is 5.02 Å². The van der Waals surface area contributed by atoms with Crippen molar-refractivity contribution in [1.82, 2.24) is 15.0 Å². The third-order valence-electron chi connectivity index (χ3n) is 5.66. The van der Waals surface area contributed by atoms with E-state index in [0.717, 1.165) is 12.1 Å². The van der Waals surface area contributed by atoms with Crippen LogP contribution in [0.1, 0.15) is 36.6 Å². The summed E-state index contributed by atoms with van der Waals surface area (Å²) in [5.74, 6) is -0.648. The van der Waals surface area contributed by atoms with Crippen LogP contribution in [0, 0.1) is 0 Å². The smallest absolute Gasteiger partial charge is 0.421 e. The van der Waals surface area contributed by atoms with Gasteiger partial charge in [0.1, 0.15) is 23.1 Å². The Bertz CT molecular complexity index is 1480. The van der Waals surface area contributed by atoms with E-state index in [2.05, 4.69) is 25.6 Å². The topological polar surface area (TPSA) is 132 Å². The minimum absolute atomic E-state index is 0.0136. The molecule has 9 nitrogen and oxygen atoms in total. The molecule has 3 aromatic heterocycles. The van der Waals surface area contributed by atoms with Gasteiger partial charge in [0.25, 0.3) is 0 Å². The number of pyridine rings is 2. The molecule has 13 heteroatoms. The fraction of sp³-hybridized carbons (Fsp3) is 0.240. The van der Waals surface area contributed by atoms with Gasteiger partial charge in [0, 0.05) is 23.5 Å². The van der Waals surface area contributed by atoms with Crippen LogP contribution >= 0.6 is 11.6 Å². The molecule has 1 unspecified atom stereocenters. The Hall–Kier alpha value is -3.87. The molecule has 4 rings (SSSR count). The number of alkyl halides is 3. The molecule has 3 heterocycles. The molecule has 0 bridgehead atoms. The van der Waals surface area contributed by atoms with Gasteiger partial charge in [-0.05, 0) is 38.1 Å². The minimum atomic E-state index is -4.67. The number of nitrogens with one attached hydrogen (secondary N) is 3. The van der Waals surface area contributed by atoms with Gasteiger partial charge in [-0.3, -0.25) is 4.79 Å². The highest BCUT2D eigenvalue weighted by molar-refractivity contribution is 6.31. The quantitative estimate of drug-likeness (QED) is 0.180. The number of amides is 1. The molecular weight excluding hydrogens is 527 g/mol. The molecular formula is C25H23ClF3N5O4. The number of H-pyrrole nitrogens is 1. The molecule has 0 radical (unpaired) electrons. The fourth-order valence-corrected chi connectivity index (χ4v) is 4.05. The summed E-state index contributed by atoms with van der Waals surface area (Å²) in [5.41, 5.74) is -0.161. The highest BCUT2D eigenvalue weighted by Crippen LogP contribution is 2.41. The predicted octanol–water partition coefficient (Wildman–Crippen LogP) is 5.26. The average molecular weight is 550 g/mol. The number of ether oxygens (including phenoxy) is 1. The molecule has 5 N–H and O–H groups in total. The number of hydrogen-bond donors (Lipinski definition) is 5. The van der Waals surface area contributed by atoms with Crippen LogP contribution in [0.3, 0.4) is 0 Å². The second-order valence-corrected chi connectivity index (χ2v) is 9.39. The van der Waals surface area contributed by atoms with Crippen molar-refractivity contribution in [1.29, 1.82) is 0 Å². The first-order valence-corrected chi connectivity index (χ1v) is 11.6. The minimum Gasteiger partial charge on any atom is -0.438 e. The Morgan fingerprint density at radius 3 is 2.63 bits per heavy atom. The van der Waals surface area contributed by atoms with Gasteiger partial charge < -0.3 is 30.6 Å². The lowest BCUT2D eigenvalue weighted by Crippen LogP contribution is -2.35. The lowest BCUT2D eigenvalue weighted by Gasteiger charge is -2.27. The van der Waals surface area contributed by atoms with Gasteiger partial charge in [0.2, 0.25) is 12.3 Å². The van der Waals surface area contributed by atoms with Crippen molar-refractivity contribution in [2.45, 2.75) is 31.7 Å². The van der Waals surface area contributed by atoms with Gasteiger partial charge in [0.05, 0.1) is 40.1 Å². The van der Waals surface area contributed by atoms with Crippen LogP contribution < -0.4 is 15.4 Å². The maximum atomic E-state index is 13.3. The van der Waals surface area contributed by atoms with E-state index < -0.39 is 29.3 Å². The first-order chi connectivity index (χ1) is 17.9. The van der Waals surface area contributed by atoms with Gasteiger partial charge in [-0.25, -0.2) is 9.97 Å². The Morgan fingerprint density at radius 2 is 1.97 bits per heavy atom. The summed E-state index contributed by atoms with van der Waals surface area (Å²) >= 11 is 6.42. The van der Waals surface area contributed by atoms with E-state index in [-0.39, 0.29) is 22.9 Å². The van der Waals surface area contributed by atoms with Gasteiger partial charge in [0.15, 0.2) is 0 Å². The number of carbonyl (C=O) groups excluding carboxylic acids is 1. The molecule has 38 heavy (non-hydrogen) atoms. The zero-order chi connectivity index (χ0) is 27.7. The van der Waals surface area contributed by atoms with Crippen LogP contribution in [-0.2, 0) is 11.0 Å². The largest absolute Gasteiger partial charge is 0.438 e. The van der Waals surface area contributed by atoms with E-state index in [4.69, 9.17) is 16.3 Å². The Labute approximate surface area is 219 Å². The molecule has 1 atom stereocenters. The second-order valence-electron chi connectivity index (χ2n) is 8.99. The lowest BCUT2D eigenvalue weighted by molar-refractivity contribution is -0.138. The highest BCUT2D eigenvalue weighted by atomic mass is 35.5. The zero-order valence-electron chi connectivity index (χ0n) is 20.1. The summed E-state index contributed by atoms with van der Waals surface area (Å²) in [7, 11) is 0. The van der Waals surface area contributed by atoms with Gasteiger partial charge in [-0.2, -0.15) is 13.2 Å². The molecule has 0 spiro atoms. The number of fused-ring (bicyclic) bond motifs is 1. The number of nitrogens with zero attached hydrogens (tertiary/aromatic N) is 2. The van der Waals surface area contributed by atoms with Crippen LogP contribution in [0.5, 0.6) is 11.6 Å². The molecule has 200 valence electrons. The average Bonchev–Trinajstić information content (AvgIpc) is 3.29. The second kappa shape index (κ2) is 10.5. The van der Waals surface area contributed by atoms with Crippen molar-refractivity contribution in [2.24, 2.45) is 0 Å². The standard InChI is InChI=1S/C25H23ClF3N5O4/c1-24(2,11-35)34-20-18(33-12-36)10-32-22-19(20)15(9-31-22)21(37)14-6-5-13(8-17(14)26)38-23-16(25(27,28)29)4-3-7-30-23/h3-10,12,21,35,37H,11H2,1-2H3,(H,33,36)(H2,31,32,34). The van der Waals surface area contributed by atoms with E-state index in [1.54, 1.807) is 13.8 Å². The highest BCUT2D eigenvalue weighted by Gasteiger charge is 2.35. The summed E-state index contributed by atoms with van der Waals surface area (Å²) in [6.45, 7) is 3.25. The summed E-state index contributed by atoms with van der Waals surface area (Å²) in [4.78, 5) is 22.1. The van der Waals surface area contributed by atoms with Crippen LogP contribution in [-0.4, -0.2) is 43.7 Å². The lowest BCUT2D eigenvalue weighted by atomic mass is 9.99. The van der Waals surface area contributed by atoms with E-state index in [1.165, 1.54) is 36.8 Å². The van der Waals surface area contributed by atoms with Crippen molar-refractivity contribution in [2.75, 3.05) is 17.2 Å². The maximum absolute atomic E-state index is 13.3. The summed E-state index contributed by atoms with van der Waals surface area (Å²) in [6.07, 6.45) is -1.38. The monoisotopic (exact) mass is 549 g/mol. The zero-order valence-corrected chi connectivity index (χ0v) is 20.9. The van der Waals surface area contributed by atoms with Gasteiger partial charge >= 0.3 is 6.18 Å². The first-order valence-electron chi connectivity index (χ1n) is 11.2. The van der Waals surface area contributed by atoms with E-state index in [0.29, 0.717) is 34.4 Å². The van der Waals surface area contributed by atoms with E-state index in [9.17, 15) is 28.2 Å². The summed E-state index contributed by atoms with van der Waals surface area (Å²) < 4.78 is 45.2. The molecule has 0 aliphatic heterocycles. The van der Waals surface area contributed by atoms with Crippen LogP contribution in [0.15, 0.2) is 48.9 Å². The number of carbonyl (C=O) groups is 1. The molecule has 0 aliphatic rings. The molecule has 0 fully saturated rings. The third-order valence-corrected chi connectivity index (χ3v) is 5.98. The number of aliphatic hydroxyl groups is 2. The Kier molecular flexibility index (Phi) is 7.49. The molecule has 4 aromatic rings. The Balaban J connectivity index is 1.73.